The number of aryl methyl sites for hydroxylation is 1. The lowest BCUT2D eigenvalue weighted by molar-refractivity contribution is 0.556. The number of aromatic nitrogens is 2. The van der Waals surface area contributed by atoms with Crippen LogP contribution < -0.4 is 11.4 Å². The van der Waals surface area contributed by atoms with Crippen molar-refractivity contribution in [2.75, 3.05) is 0 Å². The molecule has 1 unspecified atom stereocenters. The molecule has 19 heavy (non-hydrogen) atoms. The molecule has 2 aromatic rings. The summed E-state index contributed by atoms with van der Waals surface area (Å²) in [5.74, 6) is 0. The first kappa shape index (κ1) is 12.2. The van der Waals surface area contributed by atoms with Crippen LogP contribution in [0.5, 0.6) is 0 Å². The molecule has 0 spiro atoms. The third kappa shape index (κ3) is 1.83. The topological polar surface area (TPSA) is 63.8 Å². The van der Waals surface area contributed by atoms with Gasteiger partial charge in [-0.1, -0.05) is 12.1 Å². The average molecular weight is 257 g/mol. The van der Waals surface area contributed by atoms with Crippen LogP contribution in [-0.4, -0.2) is 15.6 Å². The van der Waals surface area contributed by atoms with E-state index in [0.717, 1.165) is 24.2 Å². The SMILES string of the molecule is Cc1c[nH]c(=O)n1-c1ccc(C2(C(C)N)CC2)cc1. The molecule has 1 aliphatic rings. The molecule has 0 bridgehead atoms. The van der Waals surface area contributed by atoms with Crippen LogP contribution >= 0.6 is 0 Å². The second-order valence-electron chi connectivity index (χ2n) is 5.56. The van der Waals surface area contributed by atoms with Crippen LogP contribution in [0.25, 0.3) is 5.69 Å². The molecule has 100 valence electrons. The molecule has 3 N–H and O–H groups in total. The zero-order valence-electron chi connectivity index (χ0n) is 11.3. The van der Waals surface area contributed by atoms with Gasteiger partial charge in [-0.15, -0.1) is 0 Å². The predicted molar refractivity (Wildman–Crippen MR) is 75.7 cm³/mol. The summed E-state index contributed by atoms with van der Waals surface area (Å²) in [6.07, 6.45) is 4.04. The van der Waals surface area contributed by atoms with Crippen molar-refractivity contribution < 1.29 is 0 Å². The van der Waals surface area contributed by atoms with Gasteiger partial charge in [0.25, 0.3) is 0 Å². The number of rotatable bonds is 3. The van der Waals surface area contributed by atoms with Gasteiger partial charge in [0.05, 0.1) is 5.69 Å². The predicted octanol–water partition coefficient (Wildman–Crippen LogP) is 1.85. The van der Waals surface area contributed by atoms with E-state index in [1.165, 1.54) is 5.56 Å². The summed E-state index contributed by atoms with van der Waals surface area (Å²) in [4.78, 5) is 14.4. The van der Waals surface area contributed by atoms with E-state index in [1.807, 2.05) is 19.1 Å². The van der Waals surface area contributed by atoms with Crippen molar-refractivity contribution in [1.82, 2.24) is 9.55 Å². The standard InChI is InChI=1S/C15H19N3O/c1-10-9-17-14(19)18(10)13-5-3-12(4-6-13)15(7-8-15)11(2)16/h3-6,9,11H,7-8,16H2,1-2H3,(H,17,19). The summed E-state index contributed by atoms with van der Waals surface area (Å²) in [5.41, 5.74) is 9.24. The Labute approximate surface area is 112 Å². The Bertz CT molecular complexity index is 645. The largest absolute Gasteiger partial charge is 0.330 e. The second-order valence-corrected chi connectivity index (χ2v) is 5.56. The van der Waals surface area contributed by atoms with Crippen molar-refractivity contribution >= 4 is 0 Å². The Balaban J connectivity index is 1.99. The van der Waals surface area contributed by atoms with E-state index in [4.69, 9.17) is 5.73 Å². The van der Waals surface area contributed by atoms with Gasteiger partial charge in [0, 0.05) is 23.3 Å². The van der Waals surface area contributed by atoms with Gasteiger partial charge in [-0.2, -0.15) is 0 Å². The number of nitrogens with two attached hydrogens (primary N) is 1. The molecule has 0 amide bonds. The molecule has 1 heterocycles. The number of nitrogens with one attached hydrogen (secondary N) is 1. The highest BCUT2D eigenvalue weighted by Gasteiger charge is 2.47. The number of H-pyrrole nitrogens is 1. The maximum absolute atomic E-state index is 11.7. The highest BCUT2D eigenvalue weighted by Crippen LogP contribution is 2.50. The average Bonchev–Trinajstić information content (AvgIpc) is 3.13. The van der Waals surface area contributed by atoms with Gasteiger partial charge < -0.3 is 10.7 Å². The molecule has 4 heteroatoms. The molecule has 0 radical (unpaired) electrons. The Kier molecular flexibility index (Phi) is 2.64. The lowest BCUT2D eigenvalue weighted by Crippen LogP contribution is -2.31. The summed E-state index contributed by atoms with van der Waals surface area (Å²) < 4.78 is 1.68. The molecule has 1 atom stereocenters. The van der Waals surface area contributed by atoms with E-state index in [2.05, 4.69) is 24.0 Å². The molecule has 1 fully saturated rings. The minimum atomic E-state index is -0.0985. The van der Waals surface area contributed by atoms with E-state index < -0.39 is 0 Å². The third-order valence-corrected chi connectivity index (χ3v) is 4.32. The minimum absolute atomic E-state index is 0.0985. The number of hydrogen-bond donors (Lipinski definition) is 2. The molecule has 1 aromatic carbocycles. The van der Waals surface area contributed by atoms with Gasteiger partial charge in [0.2, 0.25) is 0 Å². The van der Waals surface area contributed by atoms with Crippen molar-refractivity contribution in [3.8, 4) is 5.69 Å². The lowest BCUT2D eigenvalue weighted by atomic mass is 9.89. The zero-order valence-corrected chi connectivity index (χ0v) is 11.3. The summed E-state index contributed by atoms with van der Waals surface area (Å²) in [7, 11) is 0. The summed E-state index contributed by atoms with van der Waals surface area (Å²) in [6.45, 7) is 3.98. The smallest absolute Gasteiger partial charge is 0.327 e. The molecular formula is C15H19N3O. The van der Waals surface area contributed by atoms with Gasteiger partial charge in [0.15, 0.2) is 0 Å². The fourth-order valence-corrected chi connectivity index (χ4v) is 2.86. The maximum atomic E-state index is 11.7. The quantitative estimate of drug-likeness (QED) is 0.881. The van der Waals surface area contributed by atoms with Crippen LogP contribution in [0.15, 0.2) is 35.3 Å². The maximum Gasteiger partial charge on any atom is 0.330 e. The number of aromatic amines is 1. The first-order valence-corrected chi connectivity index (χ1v) is 6.68. The van der Waals surface area contributed by atoms with E-state index in [9.17, 15) is 4.79 Å². The highest BCUT2D eigenvalue weighted by molar-refractivity contribution is 5.41. The van der Waals surface area contributed by atoms with Gasteiger partial charge in [-0.3, -0.25) is 4.57 Å². The molecule has 4 nitrogen and oxygen atoms in total. The molecule has 1 aliphatic carbocycles. The Morgan fingerprint density at radius 1 is 1.32 bits per heavy atom. The molecule has 3 rings (SSSR count). The monoisotopic (exact) mass is 257 g/mol. The summed E-state index contributed by atoms with van der Waals surface area (Å²) in [6, 6.07) is 8.38. The van der Waals surface area contributed by atoms with Gasteiger partial charge >= 0.3 is 5.69 Å². The van der Waals surface area contributed by atoms with E-state index >= 15 is 0 Å². The van der Waals surface area contributed by atoms with Crippen molar-refractivity contribution in [2.45, 2.75) is 38.1 Å². The van der Waals surface area contributed by atoms with Crippen molar-refractivity contribution in [3.63, 3.8) is 0 Å². The van der Waals surface area contributed by atoms with Gasteiger partial charge in [-0.25, -0.2) is 4.79 Å². The molecule has 1 aromatic heterocycles. The van der Waals surface area contributed by atoms with Gasteiger partial charge in [-0.05, 0) is 44.4 Å². The molecular weight excluding hydrogens is 238 g/mol. The summed E-state index contributed by atoms with van der Waals surface area (Å²) in [5, 5.41) is 0. The Hall–Kier alpha value is -1.81. The van der Waals surface area contributed by atoms with E-state index in [-0.39, 0.29) is 17.1 Å². The zero-order chi connectivity index (χ0) is 13.6. The number of hydrogen-bond acceptors (Lipinski definition) is 2. The third-order valence-electron chi connectivity index (χ3n) is 4.32. The van der Waals surface area contributed by atoms with E-state index in [1.54, 1.807) is 10.8 Å². The van der Waals surface area contributed by atoms with Crippen LogP contribution in [-0.2, 0) is 5.41 Å². The lowest BCUT2D eigenvalue weighted by Gasteiger charge is -2.20. The van der Waals surface area contributed by atoms with Crippen LogP contribution in [0.2, 0.25) is 0 Å². The number of imidazole rings is 1. The Morgan fingerprint density at radius 2 is 1.95 bits per heavy atom. The Morgan fingerprint density at radius 3 is 2.37 bits per heavy atom. The van der Waals surface area contributed by atoms with Crippen LogP contribution in [0, 0.1) is 6.92 Å². The van der Waals surface area contributed by atoms with E-state index in [0.29, 0.717) is 0 Å². The second kappa shape index (κ2) is 4.10. The first-order chi connectivity index (χ1) is 9.04. The normalized spacial score (nSPS) is 18.3. The summed E-state index contributed by atoms with van der Waals surface area (Å²) >= 11 is 0. The number of nitrogens with zero attached hydrogens (tertiary/aromatic N) is 1. The van der Waals surface area contributed by atoms with Crippen LogP contribution in [0.1, 0.15) is 31.0 Å². The van der Waals surface area contributed by atoms with Gasteiger partial charge in [0.1, 0.15) is 0 Å². The highest BCUT2D eigenvalue weighted by atomic mass is 16.1. The first-order valence-electron chi connectivity index (χ1n) is 6.68. The van der Waals surface area contributed by atoms with Crippen LogP contribution in [0.4, 0.5) is 0 Å². The van der Waals surface area contributed by atoms with Crippen LogP contribution in [0.3, 0.4) is 0 Å². The minimum Gasteiger partial charge on any atom is -0.327 e. The fourth-order valence-electron chi connectivity index (χ4n) is 2.86. The van der Waals surface area contributed by atoms with Crippen molar-refractivity contribution in [1.29, 1.82) is 0 Å². The number of benzene rings is 1. The van der Waals surface area contributed by atoms with Crippen molar-refractivity contribution in [3.05, 3.63) is 52.2 Å². The molecule has 0 aliphatic heterocycles. The fraction of sp³-hybridized carbons (Fsp3) is 0.400. The molecule has 1 saturated carbocycles. The molecule has 0 saturated heterocycles. The van der Waals surface area contributed by atoms with Crippen molar-refractivity contribution in [2.24, 2.45) is 5.73 Å².